The molecule has 4 bridgehead atoms. The number of ketones is 1. The third-order valence-corrected chi connectivity index (χ3v) is 6.06. The average Bonchev–Trinajstić information content (AvgIpc) is 2.51. The van der Waals surface area contributed by atoms with Gasteiger partial charge in [0.2, 0.25) is 0 Å². The van der Waals surface area contributed by atoms with Crippen molar-refractivity contribution < 1.29 is 14.3 Å². The van der Waals surface area contributed by atoms with Gasteiger partial charge >= 0.3 is 0 Å². The van der Waals surface area contributed by atoms with E-state index in [-0.39, 0.29) is 12.0 Å². The molecule has 0 amide bonds. The van der Waals surface area contributed by atoms with E-state index < -0.39 is 0 Å². The standard InChI is InChI=1S/C19H24O3/c1-21-16-2-4-17(5-3-16)22-12-18(20)19-9-13-6-14(10-19)8-15(7-13)11-19/h2-5,13-15H,6-12H2,1H3. The molecule has 1 aromatic rings. The number of ether oxygens (including phenoxy) is 2. The zero-order valence-corrected chi connectivity index (χ0v) is 13.2. The van der Waals surface area contributed by atoms with Crippen molar-refractivity contribution in [1.29, 1.82) is 0 Å². The number of rotatable bonds is 5. The second-order valence-electron chi connectivity index (χ2n) is 7.59. The SMILES string of the molecule is COc1ccc(OCC(=O)C23CC4CC(CC(C4)C2)C3)cc1. The van der Waals surface area contributed by atoms with Crippen LogP contribution in [0.15, 0.2) is 24.3 Å². The molecule has 0 heterocycles. The number of carbonyl (C=O) groups is 1. The Morgan fingerprint density at radius 1 is 1.00 bits per heavy atom. The van der Waals surface area contributed by atoms with Gasteiger partial charge in [-0.2, -0.15) is 0 Å². The van der Waals surface area contributed by atoms with Gasteiger partial charge in [-0.25, -0.2) is 0 Å². The molecule has 22 heavy (non-hydrogen) atoms. The molecular formula is C19H24O3. The average molecular weight is 300 g/mol. The third-order valence-electron chi connectivity index (χ3n) is 6.06. The van der Waals surface area contributed by atoms with Gasteiger partial charge < -0.3 is 9.47 Å². The molecule has 0 N–H and O–H groups in total. The number of methoxy groups -OCH3 is 1. The Bertz CT molecular complexity index is 525. The van der Waals surface area contributed by atoms with Gasteiger partial charge in [0.05, 0.1) is 7.11 Å². The second-order valence-corrected chi connectivity index (χ2v) is 7.59. The summed E-state index contributed by atoms with van der Waals surface area (Å²) < 4.78 is 10.9. The molecule has 5 rings (SSSR count). The number of Topliss-reactive ketones (excluding diaryl/α,β-unsaturated/α-hetero) is 1. The molecule has 0 saturated heterocycles. The largest absolute Gasteiger partial charge is 0.497 e. The van der Waals surface area contributed by atoms with Gasteiger partial charge in [-0.15, -0.1) is 0 Å². The van der Waals surface area contributed by atoms with Crippen LogP contribution in [0.4, 0.5) is 0 Å². The summed E-state index contributed by atoms with van der Waals surface area (Å²) in [7, 11) is 1.65. The highest BCUT2D eigenvalue weighted by Gasteiger charge is 2.54. The molecule has 4 aliphatic rings. The molecule has 3 nitrogen and oxygen atoms in total. The van der Waals surface area contributed by atoms with E-state index in [1.807, 2.05) is 24.3 Å². The molecule has 0 atom stereocenters. The predicted molar refractivity (Wildman–Crippen MR) is 84.1 cm³/mol. The minimum Gasteiger partial charge on any atom is -0.497 e. The van der Waals surface area contributed by atoms with Crippen molar-refractivity contribution in [2.75, 3.05) is 13.7 Å². The van der Waals surface area contributed by atoms with Crippen molar-refractivity contribution in [1.82, 2.24) is 0 Å². The summed E-state index contributed by atoms with van der Waals surface area (Å²) in [5.74, 6) is 4.30. The van der Waals surface area contributed by atoms with Gasteiger partial charge in [0.1, 0.15) is 18.1 Å². The van der Waals surface area contributed by atoms with Crippen LogP contribution >= 0.6 is 0 Å². The lowest BCUT2D eigenvalue weighted by molar-refractivity contribution is -0.145. The van der Waals surface area contributed by atoms with Crippen LogP contribution in [-0.4, -0.2) is 19.5 Å². The Morgan fingerprint density at radius 2 is 1.50 bits per heavy atom. The van der Waals surface area contributed by atoms with Gasteiger partial charge in [0, 0.05) is 5.41 Å². The fraction of sp³-hybridized carbons (Fsp3) is 0.632. The maximum atomic E-state index is 12.8. The molecule has 0 aromatic heterocycles. The quantitative estimate of drug-likeness (QED) is 0.828. The van der Waals surface area contributed by atoms with E-state index in [1.54, 1.807) is 7.11 Å². The fourth-order valence-electron chi connectivity index (χ4n) is 5.43. The van der Waals surface area contributed by atoms with Crippen molar-refractivity contribution in [3.63, 3.8) is 0 Å². The molecule has 4 saturated carbocycles. The highest BCUT2D eigenvalue weighted by molar-refractivity contribution is 5.86. The van der Waals surface area contributed by atoms with Crippen LogP contribution in [0, 0.1) is 23.2 Å². The van der Waals surface area contributed by atoms with E-state index in [2.05, 4.69) is 0 Å². The summed E-state index contributed by atoms with van der Waals surface area (Å²) in [6, 6.07) is 7.46. The van der Waals surface area contributed by atoms with E-state index in [9.17, 15) is 4.79 Å². The summed E-state index contributed by atoms with van der Waals surface area (Å²) in [4.78, 5) is 12.8. The number of hydrogen-bond acceptors (Lipinski definition) is 3. The highest BCUT2D eigenvalue weighted by Crippen LogP contribution is 2.60. The lowest BCUT2D eigenvalue weighted by Crippen LogP contribution is -2.51. The van der Waals surface area contributed by atoms with Gasteiger partial charge in [-0.3, -0.25) is 4.79 Å². The van der Waals surface area contributed by atoms with Crippen LogP contribution in [0.3, 0.4) is 0 Å². The summed E-state index contributed by atoms with van der Waals surface area (Å²) in [5, 5.41) is 0. The fourth-order valence-corrected chi connectivity index (χ4v) is 5.43. The molecule has 0 unspecified atom stereocenters. The van der Waals surface area contributed by atoms with Crippen LogP contribution in [0.25, 0.3) is 0 Å². The Kier molecular flexibility index (Phi) is 3.39. The van der Waals surface area contributed by atoms with Crippen LogP contribution in [0.2, 0.25) is 0 Å². The van der Waals surface area contributed by atoms with E-state index >= 15 is 0 Å². The minimum atomic E-state index is -0.0543. The van der Waals surface area contributed by atoms with E-state index in [1.165, 1.54) is 19.3 Å². The van der Waals surface area contributed by atoms with Crippen LogP contribution in [0.5, 0.6) is 11.5 Å². The zero-order valence-electron chi connectivity index (χ0n) is 13.2. The monoisotopic (exact) mass is 300 g/mol. The molecule has 4 aliphatic carbocycles. The highest BCUT2D eigenvalue weighted by atomic mass is 16.5. The minimum absolute atomic E-state index is 0.0543. The van der Waals surface area contributed by atoms with Crippen LogP contribution in [-0.2, 0) is 4.79 Å². The third kappa shape index (κ3) is 2.41. The topological polar surface area (TPSA) is 35.5 Å². The predicted octanol–water partition coefficient (Wildman–Crippen LogP) is 3.86. The number of benzene rings is 1. The zero-order chi connectivity index (χ0) is 15.2. The first-order chi connectivity index (χ1) is 10.7. The normalized spacial score (nSPS) is 35.4. The Morgan fingerprint density at radius 3 is 2.00 bits per heavy atom. The first-order valence-corrected chi connectivity index (χ1v) is 8.47. The first-order valence-electron chi connectivity index (χ1n) is 8.47. The lowest BCUT2D eigenvalue weighted by Gasteiger charge is -2.55. The Hall–Kier alpha value is -1.51. The van der Waals surface area contributed by atoms with Crippen molar-refractivity contribution >= 4 is 5.78 Å². The molecule has 1 aromatic carbocycles. The van der Waals surface area contributed by atoms with Gasteiger partial charge in [-0.1, -0.05) is 0 Å². The van der Waals surface area contributed by atoms with Crippen molar-refractivity contribution in [2.24, 2.45) is 23.2 Å². The number of carbonyl (C=O) groups excluding carboxylic acids is 1. The summed E-state index contributed by atoms with van der Waals surface area (Å²) >= 11 is 0. The van der Waals surface area contributed by atoms with Crippen molar-refractivity contribution in [3.05, 3.63) is 24.3 Å². The molecule has 3 heteroatoms. The molecular weight excluding hydrogens is 276 g/mol. The van der Waals surface area contributed by atoms with E-state index in [4.69, 9.17) is 9.47 Å². The Balaban J connectivity index is 1.41. The van der Waals surface area contributed by atoms with E-state index in [0.717, 1.165) is 48.5 Å². The maximum Gasteiger partial charge on any atom is 0.176 e. The first kappa shape index (κ1) is 14.1. The van der Waals surface area contributed by atoms with Gasteiger partial charge in [-0.05, 0) is 80.5 Å². The maximum absolute atomic E-state index is 12.8. The molecule has 0 aliphatic heterocycles. The molecule has 0 radical (unpaired) electrons. The second kappa shape index (κ2) is 5.29. The summed E-state index contributed by atoms with van der Waals surface area (Å²) in [5.41, 5.74) is -0.0543. The van der Waals surface area contributed by atoms with Crippen molar-refractivity contribution in [3.8, 4) is 11.5 Å². The van der Waals surface area contributed by atoms with Crippen LogP contribution in [0.1, 0.15) is 38.5 Å². The van der Waals surface area contributed by atoms with Crippen LogP contribution < -0.4 is 9.47 Å². The van der Waals surface area contributed by atoms with Crippen molar-refractivity contribution in [2.45, 2.75) is 38.5 Å². The number of hydrogen-bond donors (Lipinski definition) is 0. The van der Waals surface area contributed by atoms with Gasteiger partial charge in [0.25, 0.3) is 0 Å². The summed E-state index contributed by atoms with van der Waals surface area (Å²) in [6.45, 7) is 0.221. The molecule has 4 fully saturated rings. The summed E-state index contributed by atoms with van der Waals surface area (Å²) in [6.07, 6.45) is 7.45. The van der Waals surface area contributed by atoms with E-state index in [0.29, 0.717) is 5.78 Å². The molecule has 118 valence electrons. The smallest absolute Gasteiger partial charge is 0.176 e. The lowest BCUT2D eigenvalue weighted by atomic mass is 9.48. The Labute approximate surface area is 132 Å². The molecule has 0 spiro atoms. The van der Waals surface area contributed by atoms with Gasteiger partial charge in [0.15, 0.2) is 5.78 Å².